The number of rotatable bonds is 1. The van der Waals surface area contributed by atoms with Gasteiger partial charge in [0.05, 0.1) is 0 Å². The van der Waals surface area contributed by atoms with Gasteiger partial charge in [-0.25, -0.2) is 0 Å². The standard InChI is InChI=1S/C6H7NO/c1-3-6-4-5(2)8-7-6/h3-4H,1H2,2H3. The van der Waals surface area contributed by atoms with Crippen LogP contribution in [0.15, 0.2) is 17.2 Å². The molecule has 0 unspecified atom stereocenters. The van der Waals surface area contributed by atoms with Gasteiger partial charge in [0.25, 0.3) is 0 Å². The average molecular weight is 109 g/mol. The summed E-state index contributed by atoms with van der Waals surface area (Å²) in [6.45, 7) is 5.37. The zero-order valence-electron chi connectivity index (χ0n) is 4.72. The van der Waals surface area contributed by atoms with E-state index in [1.54, 1.807) is 6.08 Å². The SMILES string of the molecule is C=Cc1cc(C)on1. The van der Waals surface area contributed by atoms with Gasteiger partial charge in [-0.1, -0.05) is 11.7 Å². The third-order valence-electron chi connectivity index (χ3n) is 0.855. The molecule has 0 N–H and O–H groups in total. The zero-order valence-corrected chi connectivity index (χ0v) is 4.72. The van der Waals surface area contributed by atoms with Crippen LogP contribution in [-0.2, 0) is 0 Å². The van der Waals surface area contributed by atoms with E-state index in [9.17, 15) is 0 Å². The van der Waals surface area contributed by atoms with Crippen molar-refractivity contribution in [2.24, 2.45) is 0 Å². The summed E-state index contributed by atoms with van der Waals surface area (Å²) in [6, 6.07) is 1.83. The molecule has 1 heterocycles. The summed E-state index contributed by atoms with van der Waals surface area (Å²) in [4.78, 5) is 0. The molecule has 8 heavy (non-hydrogen) atoms. The molecule has 0 fully saturated rings. The number of hydrogen-bond acceptors (Lipinski definition) is 2. The van der Waals surface area contributed by atoms with Crippen LogP contribution in [-0.4, -0.2) is 5.16 Å². The van der Waals surface area contributed by atoms with Crippen molar-refractivity contribution in [3.63, 3.8) is 0 Å². The quantitative estimate of drug-likeness (QED) is 0.547. The van der Waals surface area contributed by atoms with Crippen LogP contribution in [0.4, 0.5) is 0 Å². The molecule has 1 aromatic rings. The minimum atomic E-state index is 0.794. The predicted molar refractivity (Wildman–Crippen MR) is 31.3 cm³/mol. The van der Waals surface area contributed by atoms with Crippen LogP contribution in [0.3, 0.4) is 0 Å². The fraction of sp³-hybridized carbons (Fsp3) is 0.167. The molecule has 0 aliphatic rings. The third-order valence-corrected chi connectivity index (χ3v) is 0.855. The Morgan fingerprint density at radius 1 is 1.88 bits per heavy atom. The largest absolute Gasteiger partial charge is 0.361 e. The summed E-state index contributed by atoms with van der Waals surface area (Å²) in [5.41, 5.74) is 0.794. The Morgan fingerprint density at radius 2 is 2.62 bits per heavy atom. The summed E-state index contributed by atoms with van der Waals surface area (Å²) in [6.07, 6.45) is 1.65. The lowest BCUT2D eigenvalue weighted by atomic mass is 10.4. The van der Waals surface area contributed by atoms with Crippen molar-refractivity contribution in [2.75, 3.05) is 0 Å². The highest BCUT2D eigenvalue weighted by molar-refractivity contribution is 5.40. The van der Waals surface area contributed by atoms with Gasteiger partial charge < -0.3 is 4.52 Å². The van der Waals surface area contributed by atoms with Gasteiger partial charge in [-0.05, 0) is 13.0 Å². The lowest BCUT2D eigenvalue weighted by Gasteiger charge is -1.67. The number of aromatic nitrogens is 1. The van der Waals surface area contributed by atoms with Gasteiger partial charge >= 0.3 is 0 Å². The Labute approximate surface area is 47.8 Å². The maximum absolute atomic E-state index is 4.73. The molecule has 1 aromatic heterocycles. The number of aryl methyl sites for hydroxylation is 1. The van der Waals surface area contributed by atoms with E-state index >= 15 is 0 Å². The fourth-order valence-electron chi connectivity index (χ4n) is 0.482. The predicted octanol–water partition coefficient (Wildman–Crippen LogP) is 1.63. The van der Waals surface area contributed by atoms with Gasteiger partial charge in [0.15, 0.2) is 0 Å². The van der Waals surface area contributed by atoms with Gasteiger partial charge in [-0.15, -0.1) is 0 Å². The molecular formula is C6H7NO. The summed E-state index contributed by atoms with van der Waals surface area (Å²) < 4.78 is 4.73. The molecule has 1 rings (SSSR count). The molecule has 0 bridgehead atoms. The molecular weight excluding hydrogens is 102 g/mol. The number of nitrogens with zero attached hydrogens (tertiary/aromatic N) is 1. The Kier molecular flexibility index (Phi) is 1.16. The molecule has 2 nitrogen and oxygen atoms in total. The van der Waals surface area contributed by atoms with E-state index in [0.717, 1.165) is 11.5 Å². The van der Waals surface area contributed by atoms with Gasteiger partial charge in [0.1, 0.15) is 11.5 Å². The van der Waals surface area contributed by atoms with E-state index in [-0.39, 0.29) is 0 Å². The van der Waals surface area contributed by atoms with E-state index < -0.39 is 0 Å². The van der Waals surface area contributed by atoms with Crippen molar-refractivity contribution in [2.45, 2.75) is 6.92 Å². The van der Waals surface area contributed by atoms with Crippen molar-refractivity contribution in [1.82, 2.24) is 5.16 Å². The Hall–Kier alpha value is -1.05. The second kappa shape index (κ2) is 1.82. The fourth-order valence-corrected chi connectivity index (χ4v) is 0.482. The first-order chi connectivity index (χ1) is 3.83. The molecule has 0 aliphatic carbocycles. The molecule has 0 spiro atoms. The van der Waals surface area contributed by atoms with Crippen molar-refractivity contribution in [3.8, 4) is 0 Å². The molecule has 0 saturated carbocycles. The van der Waals surface area contributed by atoms with Gasteiger partial charge in [0, 0.05) is 6.07 Å². The summed E-state index contributed by atoms with van der Waals surface area (Å²) in [5.74, 6) is 0.819. The minimum absolute atomic E-state index is 0.794. The Bertz CT molecular complexity index is 190. The molecule has 0 amide bonds. The third kappa shape index (κ3) is 0.780. The van der Waals surface area contributed by atoms with Crippen LogP contribution in [0.1, 0.15) is 11.5 Å². The van der Waals surface area contributed by atoms with Crippen LogP contribution >= 0.6 is 0 Å². The highest BCUT2D eigenvalue weighted by Gasteiger charge is 1.90. The van der Waals surface area contributed by atoms with E-state index in [2.05, 4.69) is 11.7 Å². The van der Waals surface area contributed by atoms with E-state index in [1.807, 2.05) is 13.0 Å². The molecule has 2 heteroatoms. The monoisotopic (exact) mass is 109 g/mol. The maximum Gasteiger partial charge on any atom is 0.134 e. The molecule has 0 saturated heterocycles. The minimum Gasteiger partial charge on any atom is -0.361 e. The highest BCUT2D eigenvalue weighted by atomic mass is 16.5. The first kappa shape index (κ1) is 5.09. The van der Waals surface area contributed by atoms with Gasteiger partial charge in [-0.2, -0.15) is 0 Å². The molecule has 0 radical (unpaired) electrons. The molecule has 42 valence electrons. The summed E-state index contributed by atoms with van der Waals surface area (Å²) >= 11 is 0. The van der Waals surface area contributed by atoms with Crippen molar-refractivity contribution >= 4 is 6.08 Å². The van der Waals surface area contributed by atoms with Crippen LogP contribution in [0.5, 0.6) is 0 Å². The van der Waals surface area contributed by atoms with E-state index in [4.69, 9.17) is 4.52 Å². The highest BCUT2D eigenvalue weighted by Crippen LogP contribution is 2.00. The first-order valence-corrected chi connectivity index (χ1v) is 2.38. The van der Waals surface area contributed by atoms with Crippen molar-refractivity contribution in [1.29, 1.82) is 0 Å². The second-order valence-corrected chi connectivity index (χ2v) is 1.57. The Balaban J connectivity index is 3.00. The number of hydrogen-bond donors (Lipinski definition) is 0. The average Bonchev–Trinajstić information content (AvgIpc) is 2.14. The van der Waals surface area contributed by atoms with Gasteiger partial charge in [-0.3, -0.25) is 0 Å². The van der Waals surface area contributed by atoms with Crippen LogP contribution in [0, 0.1) is 6.92 Å². The molecule has 0 aromatic carbocycles. The molecule has 0 atom stereocenters. The van der Waals surface area contributed by atoms with Crippen molar-refractivity contribution < 1.29 is 4.52 Å². The topological polar surface area (TPSA) is 26.0 Å². The zero-order chi connectivity index (χ0) is 5.98. The summed E-state index contributed by atoms with van der Waals surface area (Å²) in [5, 5.41) is 3.64. The van der Waals surface area contributed by atoms with E-state index in [0.29, 0.717) is 0 Å². The normalized spacial score (nSPS) is 9.12. The van der Waals surface area contributed by atoms with Crippen LogP contribution < -0.4 is 0 Å². The lowest BCUT2D eigenvalue weighted by Crippen LogP contribution is -1.61. The van der Waals surface area contributed by atoms with Gasteiger partial charge in [0.2, 0.25) is 0 Å². The summed E-state index contributed by atoms with van der Waals surface area (Å²) in [7, 11) is 0. The second-order valence-electron chi connectivity index (χ2n) is 1.57. The van der Waals surface area contributed by atoms with Crippen molar-refractivity contribution in [3.05, 3.63) is 24.1 Å². The lowest BCUT2D eigenvalue weighted by molar-refractivity contribution is 0.396. The van der Waals surface area contributed by atoms with E-state index in [1.165, 1.54) is 0 Å². The van der Waals surface area contributed by atoms with Crippen LogP contribution in [0.2, 0.25) is 0 Å². The van der Waals surface area contributed by atoms with Crippen LogP contribution in [0.25, 0.3) is 6.08 Å². The smallest absolute Gasteiger partial charge is 0.134 e. The maximum atomic E-state index is 4.73. The molecule has 0 aliphatic heterocycles. The Morgan fingerprint density at radius 3 is 2.88 bits per heavy atom. The first-order valence-electron chi connectivity index (χ1n) is 2.38.